The first-order chi connectivity index (χ1) is 8.50. The number of hydrogen-bond acceptors (Lipinski definition) is 1. The molecule has 0 radical (unpaired) electrons. The van der Waals surface area contributed by atoms with E-state index in [0.717, 1.165) is 12.5 Å². The maximum absolute atomic E-state index is 8.67. The number of allylic oxidation sites excluding steroid dienone is 4. The summed E-state index contributed by atoms with van der Waals surface area (Å²) in [6.45, 7) is 12.7. The summed E-state index contributed by atoms with van der Waals surface area (Å²) in [5.41, 5.74) is 6.69. The number of aliphatic hydroxyl groups excluding tert-OH is 1. The van der Waals surface area contributed by atoms with Gasteiger partial charge in [0, 0.05) is 0 Å². The van der Waals surface area contributed by atoms with Gasteiger partial charge >= 0.3 is 69.3 Å². The molecule has 0 aromatic carbocycles. The number of halogens is 2. The summed E-state index contributed by atoms with van der Waals surface area (Å²) in [7, 11) is -1.11. The first-order valence-electron chi connectivity index (χ1n) is 6.64. The van der Waals surface area contributed by atoms with Crippen molar-refractivity contribution in [3.8, 4) is 0 Å². The first-order valence-corrected chi connectivity index (χ1v) is 10.6. The van der Waals surface area contributed by atoms with Gasteiger partial charge in [-0.3, -0.25) is 6.08 Å². The van der Waals surface area contributed by atoms with Gasteiger partial charge < -0.3 is 30.5 Å². The molecule has 0 aromatic rings. The molecule has 0 bridgehead atoms. The normalized spacial score (nSPS) is 12.1. The van der Waals surface area contributed by atoms with Gasteiger partial charge in [-0.25, -0.2) is 12.2 Å². The van der Waals surface area contributed by atoms with Crippen LogP contribution in [0.4, 0.5) is 0 Å². The third kappa shape index (κ3) is 29.4. The Morgan fingerprint density at radius 2 is 1.76 bits per heavy atom. The van der Waals surface area contributed by atoms with Gasteiger partial charge in [-0.05, 0) is 0 Å². The summed E-state index contributed by atoms with van der Waals surface area (Å²) in [6.07, 6.45) is 10.0. The van der Waals surface area contributed by atoms with E-state index in [-0.39, 0.29) is 30.4 Å². The van der Waals surface area contributed by atoms with E-state index in [0.29, 0.717) is 6.61 Å². The molecule has 0 heterocycles. The van der Waals surface area contributed by atoms with Crippen molar-refractivity contribution >= 4 is 11.5 Å². The molecule has 124 valence electrons. The van der Waals surface area contributed by atoms with Crippen LogP contribution in [-0.4, -0.2) is 28.8 Å². The number of aliphatic hydroxyl groups is 1. The minimum atomic E-state index is -1.11. The molecule has 0 atom stereocenters. The van der Waals surface area contributed by atoms with Crippen molar-refractivity contribution in [2.75, 3.05) is 6.61 Å². The molecular weight excluding hydrogens is 357 g/mol. The molecule has 0 aliphatic heterocycles. The zero-order chi connectivity index (χ0) is 15.5. The molecule has 0 fully saturated rings. The van der Waals surface area contributed by atoms with Gasteiger partial charge in [-0.1, -0.05) is 20.8 Å². The van der Waals surface area contributed by atoms with Crippen LogP contribution in [0, 0.1) is 6.08 Å². The Bertz CT molecular complexity index is 297. The molecule has 0 saturated heterocycles. The van der Waals surface area contributed by atoms with E-state index in [2.05, 4.69) is 52.1 Å². The van der Waals surface area contributed by atoms with E-state index in [9.17, 15) is 0 Å². The Balaban J connectivity index is -0.000000104. The van der Waals surface area contributed by atoms with E-state index in [1.165, 1.54) is 3.43 Å². The van der Waals surface area contributed by atoms with Crippen LogP contribution in [0.25, 0.3) is 5.73 Å². The first kappa shape index (κ1) is 29.8. The maximum atomic E-state index is 8.67. The predicted molar refractivity (Wildman–Crippen MR) is 85.7 cm³/mol. The molecule has 2 N–H and O–H groups in total. The summed E-state index contributed by atoms with van der Waals surface area (Å²) in [5, 5.41) is 8.67. The van der Waals surface area contributed by atoms with Gasteiger partial charge in [0.05, 0.1) is 0 Å². The van der Waals surface area contributed by atoms with Crippen molar-refractivity contribution in [2.45, 2.75) is 58.8 Å². The molecule has 0 saturated carbocycles. The predicted octanol–water partition coefficient (Wildman–Crippen LogP) is -1.88. The zero-order valence-corrected chi connectivity index (χ0v) is 18.1. The third-order valence-corrected chi connectivity index (χ3v) is 9.01. The molecule has 1 rings (SSSR count). The largest absolute Gasteiger partial charge is 1.00 e. The van der Waals surface area contributed by atoms with Crippen LogP contribution in [0.1, 0.15) is 34.1 Å². The summed E-state index contributed by atoms with van der Waals surface area (Å²) in [4.78, 5) is 0. The summed E-state index contributed by atoms with van der Waals surface area (Å²) in [6, 6.07) is 1.01. The average Bonchev–Trinajstić information content (AvgIpc) is 2.71. The van der Waals surface area contributed by atoms with Crippen LogP contribution in [0.15, 0.2) is 18.2 Å². The molecule has 0 amide bonds. The molecule has 0 spiro atoms. The minimum absolute atomic E-state index is 0. The summed E-state index contributed by atoms with van der Waals surface area (Å²) in [5.74, 6) is 0. The van der Waals surface area contributed by atoms with E-state index in [4.69, 9.17) is 10.8 Å². The van der Waals surface area contributed by atoms with E-state index < -0.39 is 8.07 Å². The van der Waals surface area contributed by atoms with Crippen LogP contribution in [-0.2, 0) is 20.0 Å². The van der Waals surface area contributed by atoms with Crippen LogP contribution in [0.2, 0.25) is 19.1 Å². The van der Waals surface area contributed by atoms with Gasteiger partial charge in [-0.15, -0.1) is 12.0 Å². The Morgan fingerprint density at radius 3 is 1.86 bits per heavy atom. The Morgan fingerprint density at radius 1 is 1.33 bits per heavy atom. The SMILES string of the molecule is CC(C)(C)[NH-].C[C](=[Ti+2])[Si](C)(C)CCO.[C-]1=CC=CC1.[Cl-].[Cl-]. The molecule has 0 aromatic heterocycles. The molecule has 0 unspecified atom stereocenters. The van der Waals surface area contributed by atoms with Gasteiger partial charge in [0.15, 0.2) is 0 Å². The molecule has 2 nitrogen and oxygen atoms in total. The smallest absolute Gasteiger partial charge is 0.109 e. The molecule has 1 aliphatic carbocycles. The monoisotopic (exact) mass is 385 g/mol. The molecular formula is C15H29Cl2NOSiTi-2. The Labute approximate surface area is 156 Å². The van der Waals surface area contributed by atoms with Crippen molar-refractivity contribution < 1.29 is 49.9 Å². The van der Waals surface area contributed by atoms with Crippen LogP contribution in [0.3, 0.4) is 0 Å². The van der Waals surface area contributed by atoms with Crippen LogP contribution in [0.5, 0.6) is 0 Å². The fourth-order valence-corrected chi connectivity index (χ4v) is 2.33. The quantitative estimate of drug-likeness (QED) is 0.448. The number of nitrogens with one attached hydrogen (secondary N) is 1. The second kappa shape index (κ2) is 15.7. The molecule has 1 aliphatic rings. The van der Waals surface area contributed by atoms with Crippen molar-refractivity contribution in [3.63, 3.8) is 0 Å². The number of rotatable bonds is 3. The van der Waals surface area contributed by atoms with E-state index in [1.807, 2.05) is 32.9 Å². The van der Waals surface area contributed by atoms with Gasteiger partial charge in [0.1, 0.15) is 0 Å². The van der Waals surface area contributed by atoms with Crippen LogP contribution >= 0.6 is 0 Å². The third-order valence-electron chi connectivity index (χ3n) is 2.34. The van der Waals surface area contributed by atoms with Crippen molar-refractivity contribution in [2.24, 2.45) is 0 Å². The Kier molecular flexibility index (Phi) is 22.2. The number of hydrogen-bond donors (Lipinski definition) is 1. The van der Waals surface area contributed by atoms with Gasteiger partial charge in [0.25, 0.3) is 0 Å². The maximum Gasteiger partial charge on any atom is -0.109 e. The van der Waals surface area contributed by atoms with Crippen LogP contribution < -0.4 is 24.8 Å². The average molecular weight is 386 g/mol. The van der Waals surface area contributed by atoms with Crippen molar-refractivity contribution in [1.82, 2.24) is 0 Å². The summed E-state index contributed by atoms with van der Waals surface area (Å²) < 4.78 is 1.52. The standard InChI is InChI=1S/C6H14OSi.C5H5.C4H10N.2ClH.Ti/c1-4-8(2,3)6-5-7;1-2-4-5-3-1;1-4(2,3)5;;;/h7H,5-6H2,1-3H3;1-3H,4H2;5H,1-3H3;2*1H;/q;2*-1;;;+2/p-2. The fraction of sp³-hybridized carbons (Fsp3) is 0.667. The second-order valence-electron chi connectivity index (χ2n) is 6.24. The molecule has 21 heavy (non-hydrogen) atoms. The van der Waals surface area contributed by atoms with E-state index >= 15 is 0 Å². The summed E-state index contributed by atoms with van der Waals surface area (Å²) >= 11 is 2.17. The second-order valence-corrected chi connectivity index (χ2v) is 13.2. The van der Waals surface area contributed by atoms with Gasteiger partial charge in [0.2, 0.25) is 0 Å². The Hall–Kier alpha value is 0.781. The fourth-order valence-electron chi connectivity index (χ4n) is 0.807. The van der Waals surface area contributed by atoms with Gasteiger partial charge in [-0.2, -0.15) is 6.08 Å². The van der Waals surface area contributed by atoms with Crippen molar-refractivity contribution in [1.29, 1.82) is 0 Å². The topological polar surface area (TPSA) is 44.0 Å². The zero-order valence-electron chi connectivity index (χ0n) is 14.1. The minimum Gasteiger partial charge on any atom is -1.00 e. The van der Waals surface area contributed by atoms with E-state index in [1.54, 1.807) is 0 Å². The molecule has 6 heteroatoms. The van der Waals surface area contributed by atoms with Crippen molar-refractivity contribution in [3.05, 3.63) is 30.0 Å².